The predicted octanol–water partition coefficient (Wildman–Crippen LogP) is 1.59. The Kier molecular flexibility index (Phi) is 4.68. The summed E-state index contributed by atoms with van der Waals surface area (Å²) in [6.45, 7) is 4.41. The molecule has 0 unspecified atom stereocenters. The summed E-state index contributed by atoms with van der Waals surface area (Å²) in [6.07, 6.45) is 5.68. The monoisotopic (exact) mass is 318 g/mol. The van der Waals surface area contributed by atoms with E-state index in [1.807, 2.05) is 22.8 Å². The maximum absolute atomic E-state index is 12.6. The van der Waals surface area contributed by atoms with Gasteiger partial charge >= 0.3 is 0 Å². The molecule has 126 valence electrons. The number of nitrogens with zero attached hydrogens (tertiary/aromatic N) is 4. The van der Waals surface area contributed by atoms with Crippen LogP contribution in [-0.2, 0) is 11.8 Å². The molecule has 0 atom stereocenters. The predicted molar refractivity (Wildman–Crippen MR) is 87.0 cm³/mol. The number of amides is 2. The number of carbonyl (C=O) groups is 2. The molecule has 1 aromatic heterocycles. The van der Waals surface area contributed by atoms with Crippen LogP contribution in [0.2, 0.25) is 0 Å². The minimum atomic E-state index is 0.0119. The topological polar surface area (TPSA) is 58.4 Å². The number of rotatable bonds is 2. The van der Waals surface area contributed by atoms with E-state index in [1.165, 1.54) is 19.3 Å². The van der Waals surface area contributed by atoms with E-state index in [0.717, 1.165) is 18.5 Å². The molecule has 0 bridgehead atoms. The Morgan fingerprint density at radius 2 is 1.65 bits per heavy atom. The van der Waals surface area contributed by atoms with Crippen LogP contribution in [0, 0.1) is 12.8 Å². The minimum Gasteiger partial charge on any atom is -0.339 e. The van der Waals surface area contributed by atoms with E-state index in [2.05, 4.69) is 5.10 Å². The molecule has 6 heteroatoms. The Hall–Kier alpha value is -1.85. The van der Waals surface area contributed by atoms with Crippen molar-refractivity contribution in [2.75, 3.05) is 26.2 Å². The molecule has 2 aliphatic rings. The molecule has 2 amide bonds. The molecular weight excluding hydrogens is 292 g/mol. The van der Waals surface area contributed by atoms with Crippen molar-refractivity contribution in [2.45, 2.75) is 39.0 Å². The third kappa shape index (κ3) is 3.41. The quantitative estimate of drug-likeness (QED) is 0.832. The maximum Gasteiger partial charge on any atom is 0.272 e. The summed E-state index contributed by atoms with van der Waals surface area (Å²) in [5, 5.41) is 4.24. The molecule has 1 saturated carbocycles. The van der Waals surface area contributed by atoms with Gasteiger partial charge < -0.3 is 9.80 Å². The Bertz CT molecular complexity index is 581. The number of hydrogen-bond donors (Lipinski definition) is 0. The van der Waals surface area contributed by atoms with Crippen LogP contribution in [0.25, 0.3) is 0 Å². The molecule has 23 heavy (non-hydrogen) atoms. The second kappa shape index (κ2) is 6.72. The van der Waals surface area contributed by atoms with Crippen LogP contribution in [0.5, 0.6) is 0 Å². The van der Waals surface area contributed by atoms with Gasteiger partial charge in [-0.2, -0.15) is 5.10 Å². The molecule has 1 aliphatic heterocycles. The van der Waals surface area contributed by atoms with Crippen molar-refractivity contribution >= 4 is 11.8 Å². The molecular formula is C17H26N4O2. The Labute approximate surface area is 137 Å². The summed E-state index contributed by atoms with van der Waals surface area (Å²) in [7, 11) is 1.79. The van der Waals surface area contributed by atoms with Gasteiger partial charge in [-0.3, -0.25) is 14.3 Å². The molecule has 1 saturated heterocycles. The summed E-state index contributed by atoms with van der Waals surface area (Å²) in [4.78, 5) is 28.9. The molecule has 0 aromatic carbocycles. The molecule has 0 N–H and O–H groups in total. The van der Waals surface area contributed by atoms with Gasteiger partial charge in [-0.05, 0) is 25.8 Å². The lowest BCUT2D eigenvalue weighted by molar-refractivity contribution is -0.138. The summed E-state index contributed by atoms with van der Waals surface area (Å²) in [5.74, 6) is 0.525. The van der Waals surface area contributed by atoms with Crippen LogP contribution in [0.4, 0.5) is 0 Å². The lowest BCUT2D eigenvalue weighted by Crippen LogP contribution is -2.52. The van der Waals surface area contributed by atoms with E-state index >= 15 is 0 Å². The standard InChI is InChI=1S/C17H26N4O2/c1-13-12-15(19(2)18-13)17(23)21-10-8-20(9-11-21)16(22)14-6-4-3-5-7-14/h12,14H,3-11H2,1-2H3. The van der Waals surface area contributed by atoms with Gasteiger partial charge in [-0.25, -0.2) is 0 Å². The van der Waals surface area contributed by atoms with Crippen molar-refractivity contribution in [3.63, 3.8) is 0 Å². The van der Waals surface area contributed by atoms with Crippen molar-refractivity contribution in [2.24, 2.45) is 13.0 Å². The zero-order chi connectivity index (χ0) is 16.4. The maximum atomic E-state index is 12.6. The lowest BCUT2D eigenvalue weighted by atomic mass is 9.88. The normalized spacial score (nSPS) is 19.9. The van der Waals surface area contributed by atoms with Crippen molar-refractivity contribution in [3.05, 3.63) is 17.5 Å². The number of aryl methyl sites for hydroxylation is 2. The van der Waals surface area contributed by atoms with E-state index in [-0.39, 0.29) is 11.8 Å². The van der Waals surface area contributed by atoms with Crippen molar-refractivity contribution in [1.82, 2.24) is 19.6 Å². The van der Waals surface area contributed by atoms with Gasteiger partial charge in [0.25, 0.3) is 5.91 Å². The Balaban J connectivity index is 1.56. The van der Waals surface area contributed by atoms with E-state index in [0.29, 0.717) is 37.8 Å². The van der Waals surface area contributed by atoms with E-state index < -0.39 is 0 Å². The molecule has 6 nitrogen and oxygen atoms in total. The molecule has 1 aromatic rings. The minimum absolute atomic E-state index is 0.0119. The van der Waals surface area contributed by atoms with Gasteiger partial charge in [0.2, 0.25) is 5.91 Å². The fourth-order valence-corrected chi connectivity index (χ4v) is 3.71. The smallest absolute Gasteiger partial charge is 0.272 e. The highest BCUT2D eigenvalue weighted by atomic mass is 16.2. The lowest BCUT2D eigenvalue weighted by Gasteiger charge is -2.37. The highest BCUT2D eigenvalue weighted by Crippen LogP contribution is 2.26. The zero-order valence-electron chi connectivity index (χ0n) is 14.1. The number of hydrogen-bond acceptors (Lipinski definition) is 3. The molecule has 0 spiro atoms. The van der Waals surface area contributed by atoms with Gasteiger partial charge in [0.1, 0.15) is 5.69 Å². The van der Waals surface area contributed by atoms with Crippen molar-refractivity contribution < 1.29 is 9.59 Å². The molecule has 2 heterocycles. The molecule has 2 fully saturated rings. The highest BCUT2D eigenvalue weighted by Gasteiger charge is 2.30. The third-order valence-corrected chi connectivity index (χ3v) is 5.05. The second-order valence-electron chi connectivity index (χ2n) is 6.75. The number of aromatic nitrogens is 2. The Morgan fingerprint density at radius 1 is 1.04 bits per heavy atom. The zero-order valence-corrected chi connectivity index (χ0v) is 14.1. The summed E-state index contributed by atoms with van der Waals surface area (Å²) in [5.41, 5.74) is 1.47. The van der Waals surface area contributed by atoms with Gasteiger partial charge in [0.15, 0.2) is 0 Å². The largest absolute Gasteiger partial charge is 0.339 e. The first kappa shape index (κ1) is 16.0. The van der Waals surface area contributed by atoms with Gasteiger partial charge in [-0.15, -0.1) is 0 Å². The van der Waals surface area contributed by atoms with Crippen molar-refractivity contribution in [1.29, 1.82) is 0 Å². The first-order valence-corrected chi connectivity index (χ1v) is 8.65. The van der Waals surface area contributed by atoms with Gasteiger partial charge in [0, 0.05) is 39.1 Å². The van der Waals surface area contributed by atoms with Crippen LogP contribution in [0.3, 0.4) is 0 Å². The van der Waals surface area contributed by atoms with E-state index in [9.17, 15) is 9.59 Å². The summed E-state index contributed by atoms with van der Waals surface area (Å²) in [6, 6.07) is 1.82. The fourth-order valence-electron chi connectivity index (χ4n) is 3.71. The second-order valence-corrected chi connectivity index (χ2v) is 6.75. The molecule has 0 radical (unpaired) electrons. The van der Waals surface area contributed by atoms with Crippen molar-refractivity contribution in [3.8, 4) is 0 Å². The molecule has 1 aliphatic carbocycles. The third-order valence-electron chi connectivity index (χ3n) is 5.05. The van der Waals surface area contributed by atoms with E-state index in [1.54, 1.807) is 11.7 Å². The van der Waals surface area contributed by atoms with Crippen LogP contribution in [-0.4, -0.2) is 57.6 Å². The fraction of sp³-hybridized carbons (Fsp3) is 0.706. The number of carbonyl (C=O) groups excluding carboxylic acids is 2. The van der Waals surface area contributed by atoms with E-state index in [4.69, 9.17) is 0 Å². The highest BCUT2D eigenvalue weighted by molar-refractivity contribution is 5.93. The van der Waals surface area contributed by atoms with Crippen LogP contribution in [0.1, 0.15) is 48.3 Å². The SMILES string of the molecule is Cc1cc(C(=O)N2CCN(C(=O)C3CCCCC3)CC2)n(C)n1. The van der Waals surface area contributed by atoms with Gasteiger partial charge in [-0.1, -0.05) is 19.3 Å². The van der Waals surface area contributed by atoms with Crippen LogP contribution < -0.4 is 0 Å². The first-order valence-electron chi connectivity index (χ1n) is 8.65. The number of piperazine rings is 1. The summed E-state index contributed by atoms with van der Waals surface area (Å²) >= 11 is 0. The first-order chi connectivity index (χ1) is 11.1. The molecule has 3 rings (SSSR count). The Morgan fingerprint density at radius 3 is 2.22 bits per heavy atom. The average Bonchev–Trinajstić information content (AvgIpc) is 2.93. The van der Waals surface area contributed by atoms with Crippen LogP contribution in [0.15, 0.2) is 6.07 Å². The average molecular weight is 318 g/mol. The van der Waals surface area contributed by atoms with Crippen LogP contribution >= 0.6 is 0 Å². The summed E-state index contributed by atoms with van der Waals surface area (Å²) < 4.78 is 1.64. The van der Waals surface area contributed by atoms with Gasteiger partial charge in [0.05, 0.1) is 5.69 Å².